The number of hydrogen-bond acceptors (Lipinski definition) is 3. The maximum atomic E-state index is 12.7. The second-order valence-electron chi connectivity index (χ2n) is 5.17. The van der Waals surface area contributed by atoms with Gasteiger partial charge < -0.3 is 5.11 Å². The zero-order valence-corrected chi connectivity index (χ0v) is 12.2. The minimum absolute atomic E-state index is 0.158. The molecule has 0 spiro atoms. The van der Waals surface area contributed by atoms with E-state index in [-0.39, 0.29) is 11.1 Å². The molecule has 0 atom stereocenters. The average molecular weight is 294 g/mol. The first-order valence-corrected chi connectivity index (χ1v) is 6.81. The maximum Gasteiger partial charge on any atom is 0.335 e. The molecule has 1 aromatic heterocycles. The SMILES string of the molecule is Cc1ccc2nc(C)n(-c3ccc(C(=O)O)cc3)c(=O)c2c1. The molecule has 0 aliphatic rings. The van der Waals surface area contributed by atoms with E-state index in [1.807, 2.05) is 25.1 Å². The summed E-state index contributed by atoms with van der Waals surface area (Å²) in [6, 6.07) is 11.7. The molecule has 0 bridgehead atoms. The number of rotatable bonds is 2. The first-order chi connectivity index (χ1) is 10.5. The third kappa shape index (κ3) is 2.26. The van der Waals surface area contributed by atoms with E-state index < -0.39 is 5.97 Å². The lowest BCUT2D eigenvalue weighted by Crippen LogP contribution is -2.22. The van der Waals surface area contributed by atoms with Gasteiger partial charge in [0.1, 0.15) is 5.82 Å². The van der Waals surface area contributed by atoms with Crippen LogP contribution < -0.4 is 5.56 Å². The molecule has 5 nitrogen and oxygen atoms in total. The van der Waals surface area contributed by atoms with Crippen molar-refractivity contribution in [2.75, 3.05) is 0 Å². The van der Waals surface area contributed by atoms with E-state index in [4.69, 9.17) is 5.11 Å². The van der Waals surface area contributed by atoms with E-state index >= 15 is 0 Å². The van der Waals surface area contributed by atoms with Gasteiger partial charge in [0.05, 0.1) is 22.2 Å². The number of aromatic carboxylic acids is 1. The number of nitrogens with zero attached hydrogens (tertiary/aromatic N) is 2. The molecule has 0 amide bonds. The monoisotopic (exact) mass is 294 g/mol. The van der Waals surface area contributed by atoms with Crippen molar-refractivity contribution in [3.8, 4) is 5.69 Å². The Kier molecular flexibility index (Phi) is 3.25. The van der Waals surface area contributed by atoms with Crippen molar-refractivity contribution < 1.29 is 9.90 Å². The summed E-state index contributed by atoms with van der Waals surface area (Å²) in [5.41, 5.74) is 2.27. The Hall–Kier alpha value is -2.95. The van der Waals surface area contributed by atoms with Crippen LogP contribution in [0.1, 0.15) is 21.7 Å². The van der Waals surface area contributed by atoms with Crippen molar-refractivity contribution >= 4 is 16.9 Å². The molecule has 1 N–H and O–H groups in total. The third-order valence-corrected chi connectivity index (χ3v) is 3.56. The molecule has 1 heterocycles. The van der Waals surface area contributed by atoms with Crippen molar-refractivity contribution in [1.82, 2.24) is 9.55 Å². The van der Waals surface area contributed by atoms with Gasteiger partial charge in [0.15, 0.2) is 0 Å². The fourth-order valence-corrected chi connectivity index (χ4v) is 2.47. The van der Waals surface area contributed by atoms with Gasteiger partial charge in [0.2, 0.25) is 0 Å². The van der Waals surface area contributed by atoms with Gasteiger partial charge in [-0.15, -0.1) is 0 Å². The quantitative estimate of drug-likeness (QED) is 0.788. The highest BCUT2D eigenvalue weighted by molar-refractivity contribution is 5.87. The summed E-state index contributed by atoms with van der Waals surface area (Å²) in [6.07, 6.45) is 0. The first-order valence-electron chi connectivity index (χ1n) is 6.81. The molecule has 0 unspecified atom stereocenters. The van der Waals surface area contributed by atoms with Crippen LogP contribution in [0.3, 0.4) is 0 Å². The van der Waals surface area contributed by atoms with Crippen molar-refractivity contribution in [3.05, 3.63) is 69.8 Å². The first kappa shape index (κ1) is 14.0. The van der Waals surface area contributed by atoms with Crippen LogP contribution >= 0.6 is 0 Å². The molecule has 0 radical (unpaired) electrons. The van der Waals surface area contributed by atoms with Crippen LogP contribution in [0.4, 0.5) is 0 Å². The minimum atomic E-state index is -0.997. The Morgan fingerprint density at radius 2 is 1.77 bits per heavy atom. The number of carboxylic acids is 1. The fraction of sp³-hybridized carbons (Fsp3) is 0.118. The van der Waals surface area contributed by atoms with Crippen LogP contribution in [0.2, 0.25) is 0 Å². The van der Waals surface area contributed by atoms with Crippen molar-refractivity contribution in [3.63, 3.8) is 0 Å². The standard InChI is InChI=1S/C17H14N2O3/c1-10-3-8-15-14(9-10)16(20)19(11(2)18-15)13-6-4-12(5-7-13)17(21)22/h3-9H,1-2H3,(H,21,22). The van der Waals surface area contributed by atoms with Gasteiger partial charge in [-0.1, -0.05) is 11.6 Å². The number of hydrogen-bond donors (Lipinski definition) is 1. The number of carbonyl (C=O) groups is 1. The lowest BCUT2D eigenvalue weighted by atomic mass is 10.1. The van der Waals surface area contributed by atoms with E-state index in [1.54, 1.807) is 19.1 Å². The highest BCUT2D eigenvalue weighted by Gasteiger charge is 2.11. The fourth-order valence-electron chi connectivity index (χ4n) is 2.47. The molecule has 3 rings (SSSR count). The van der Waals surface area contributed by atoms with Gasteiger partial charge in [-0.2, -0.15) is 0 Å². The van der Waals surface area contributed by atoms with Gasteiger partial charge >= 0.3 is 5.97 Å². The summed E-state index contributed by atoms with van der Waals surface area (Å²) < 4.78 is 1.49. The molecule has 2 aromatic carbocycles. The average Bonchev–Trinajstić information content (AvgIpc) is 2.49. The Labute approximate surface area is 126 Å². The number of benzene rings is 2. The molecule has 0 aliphatic carbocycles. The van der Waals surface area contributed by atoms with Crippen LogP contribution in [0, 0.1) is 13.8 Å². The molecule has 5 heteroatoms. The van der Waals surface area contributed by atoms with Crippen molar-refractivity contribution in [2.45, 2.75) is 13.8 Å². The Morgan fingerprint density at radius 3 is 2.41 bits per heavy atom. The molecule has 22 heavy (non-hydrogen) atoms. The van der Waals surface area contributed by atoms with E-state index in [0.29, 0.717) is 22.4 Å². The smallest absolute Gasteiger partial charge is 0.335 e. The second kappa shape index (κ2) is 5.11. The number of aromatic nitrogens is 2. The third-order valence-electron chi connectivity index (χ3n) is 3.56. The molecule has 3 aromatic rings. The summed E-state index contributed by atoms with van der Waals surface area (Å²) in [5, 5.41) is 9.50. The van der Waals surface area contributed by atoms with Gasteiger partial charge in [-0.3, -0.25) is 9.36 Å². The Balaban J connectivity index is 2.26. The largest absolute Gasteiger partial charge is 0.478 e. The highest BCUT2D eigenvalue weighted by Crippen LogP contribution is 2.14. The number of fused-ring (bicyclic) bond motifs is 1. The van der Waals surface area contributed by atoms with Crippen molar-refractivity contribution in [2.24, 2.45) is 0 Å². The summed E-state index contributed by atoms with van der Waals surface area (Å²) in [6.45, 7) is 3.68. The molecule has 0 saturated heterocycles. The van der Waals surface area contributed by atoms with Crippen LogP contribution in [0.5, 0.6) is 0 Å². The molecule has 0 aliphatic heterocycles. The molecule has 0 saturated carbocycles. The Morgan fingerprint density at radius 1 is 1.09 bits per heavy atom. The van der Waals surface area contributed by atoms with Crippen molar-refractivity contribution in [1.29, 1.82) is 0 Å². The van der Waals surface area contributed by atoms with E-state index in [9.17, 15) is 9.59 Å². The number of carboxylic acid groups (broad SMARTS) is 1. The van der Waals surface area contributed by atoms with Crippen LogP contribution in [0.15, 0.2) is 47.3 Å². The zero-order chi connectivity index (χ0) is 15.9. The number of aryl methyl sites for hydroxylation is 2. The van der Waals surface area contributed by atoms with E-state index in [1.165, 1.54) is 16.7 Å². The topological polar surface area (TPSA) is 72.2 Å². The van der Waals surface area contributed by atoms with Gasteiger partial charge in [-0.25, -0.2) is 9.78 Å². The van der Waals surface area contributed by atoms with E-state index in [2.05, 4.69) is 4.98 Å². The lowest BCUT2D eigenvalue weighted by Gasteiger charge is -2.11. The Bertz CT molecular complexity index is 941. The second-order valence-corrected chi connectivity index (χ2v) is 5.17. The summed E-state index contributed by atoms with van der Waals surface area (Å²) in [7, 11) is 0. The van der Waals surface area contributed by atoms with Gasteiger partial charge in [0, 0.05) is 0 Å². The maximum absolute atomic E-state index is 12.7. The summed E-state index contributed by atoms with van der Waals surface area (Å²) in [5.74, 6) is -0.438. The summed E-state index contributed by atoms with van der Waals surface area (Å²) >= 11 is 0. The van der Waals surface area contributed by atoms with Crippen LogP contribution in [0.25, 0.3) is 16.6 Å². The lowest BCUT2D eigenvalue weighted by molar-refractivity contribution is 0.0697. The zero-order valence-electron chi connectivity index (χ0n) is 12.2. The van der Waals surface area contributed by atoms with Crippen LogP contribution in [-0.2, 0) is 0 Å². The van der Waals surface area contributed by atoms with Crippen LogP contribution in [-0.4, -0.2) is 20.6 Å². The predicted molar refractivity (Wildman–Crippen MR) is 83.8 cm³/mol. The summed E-state index contributed by atoms with van der Waals surface area (Å²) in [4.78, 5) is 28.1. The minimum Gasteiger partial charge on any atom is -0.478 e. The highest BCUT2D eigenvalue weighted by atomic mass is 16.4. The molecule has 110 valence electrons. The van der Waals surface area contributed by atoms with Gasteiger partial charge in [0.25, 0.3) is 5.56 Å². The van der Waals surface area contributed by atoms with Gasteiger partial charge in [-0.05, 0) is 50.2 Å². The molecular formula is C17H14N2O3. The normalized spacial score (nSPS) is 10.8. The molecule has 0 fully saturated rings. The molecular weight excluding hydrogens is 280 g/mol. The predicted octanol–water partition coefficient (Wildman–Crippen LogP) is 2.70. The van der Waals surface area contributed by atoms with E-state index in [0.717, 1.165) is 5.56 Å².